The van der Waals surface area contributed by atoms with Crippen molar-refractivity contribution < 1.29 is 47.9 Å². The Hall–Kier alpha value is -7.89. The molecule has 9 amide bonds. The van der Waals surface area contributed by atoms with Crippen molar-refractivity contribution in [2.45, 2.75) is 121 Å². The number of urea groups is 1. The van der Waals surface area contributed by atoms with Gasteiger partial charge in [0.15, 0.2) is 11.7 Å². The van der Waals surface area contributed by atoms with Crippen molar-refractivity contribution in [1.82, 2.24) is 42.2 Å². The van der Waals surface area contributed by atoms with E-state index in [9.17, 15) is 47.9 Å². The number of aliphatic imine (C=N–C) groups is 1. The van der Waals surface area contributed by atoms with E-state index in [4.69, 9.17) is 28.7 Å². The van der Waals surface area contributed by atoms with Crippen LogP contribution in [0.2, 0.25) is 0 Å². The number of H-pyrrole nitrogens is 1. The Morgan fingerprint density at radius 3 is 2.15 bits per heavy atom. The fraction of sp³-hybridized carbons (Fsp3) is 0.500. The molecule has 7 atom stereocenters. The van der Waals surface area contributed by atoms with Crippen molar-refractivity contribution >= 4 is 75.8 Å². The Kier molecular flexibility index (Phi) is 24.0. The van der Waals surface area contributed by atoms with Crippen LogP contribution < -0.4 is 65.9 Å². The number of carbonyl (C=O) groups excluding carboxylic acids is 10. The van der Waals surface area contributed by atoms with Gasteiger partial charge in [-0.1, -0.05) is 48.5 Å². The summed E-state index contributed by atoms with van der Waals surface area (Å²) in [5.74, 6) is -8.63. The number of fused-ring (bicyclic) bond motifs is 1. The second-order valence-electron chi connectivity index (χ2n) is 18.4. The summed E-state index contributed by atoms with van der Waals surface area (Å²) < 4.78 is 0. The van der Waals surface area contributed by atoms with E-state index in [1.54, 1.807) is 36.5 Å². The van der Waals surface area contributed by atoms with Gasteiger partial charge in [0.2, 0.25) is 41.4 Å². The summed E-state index contributed by atoms with van der Waals surface area (Å²) in [6, 6.07) is 8.65. The highest BCUT2D eigenvalue weighted by atomic mass is 16.2. The maximum atomic E-state index is 14.7. The molecule has 1 aliphatic heterocycles. The Bertz CT molecular complexity index is 2460. The van der Waals surface area contributed by atoms with Gasteiger partial charge in [-0.2, -0.15) is 0 Å². The quantitative estimate of drug-likeness (QED) is 0.0396. The number of Topliss-reactive ketones (excluding diaryl/α,β-unsaturated/α-hetero) is 2. The van der Waals surface area contributed by atoms with Gasteiger partial charge in [-0.15, -0.1) is 0 Å². The Labute approximate surface area is 429 Å². The van der Waals surface area contributed by atoms with Gasteiger partial charge in [0.05, 0.1) is 12.5 Å². The minimum atomic E-state index is -1.63. The van der Waals surface area contributed by atoms with Gasteiger partial charge in [-0.3, -0.25) is 48.1 Å². The first-order valence-electron chi connectivity index (χ1n) is 24.8. The maximum Gasteiger partial charge on any atom is 0.312 e. The molecule has 1 saturated heterocycles. The number of nitrogens with one attached hydrogen (secondary N) is 8. The molecule has 1 fully saturated rings. The molecule has 0 unspecified atom stereocenters. The first kappa shape index (κ1) is 58.7. The molecule has 2 aromatic carbocycles. The molecule has 0 saturated carbocycles. The predicted molar refractivity (Wildman–Crippen MR) is 275 cm³/mol. The highest BCUT2D eigenvalue weighted by molar-refractivity contribution is 5.99. The van der Waals surface area contributed by atoms with E-state index in [0.29, 0.717) is 5.56 Å². The summed E-state index contributed by atoms with van der Waals surface area (Å²) >= 11 is 0. The second kappa shape index (κ2) is 30.2. The average molecular weight is 1030 g/mol. The minimum absolute atomic E-state index is 0.0124. The molecule has 74 heavy (non-hydrogen) atoms. The Morgan fingerprint density at radius 2 is 1.46 bits per heavy atom. The molecule has 24 heteroatoms. The van der Waals surface area contributed by atoms with E-state index in [0.717, 1.165) is 16.5 Å². The molecule has 0 spiro atoms. The third kappa shape index (κ3) is 20.0. The number of nitrogens with zero attached hydrogens (tertiary/aromatic N) is 1. The Morgan fingerprint density at radius 1 is 0.757 bits per heavy atom. The number of hydrogen-bond donors (Lipinski definition) is 13. The number of primary amides is 2. The number of ketones is 2. The molecule has 18 N–H and O–H groups in total. The Balaban J connectivity index is 1.75. The van der Waals surface area contributed by atoms with Crippen molar-refractivity contribution in [3.05, 3.63) is 71.9 Å². The number of aromatic nitrogens is 1. The highest BCUT2D eigenvalue weighted by Crippen LogP contribution is 2.26. The van der Waals surface area contributed by atoms with Gasteiger partial charge < -0.3 is 70.9 Å². The van der Waals surface area contributed by atoms with Crippen molar-refractivity contribution in [3.8, 4) is 0 Å². The molecular weight excluding hydrogens is 957 g/mol. The monoisotopic (exact) mass is 1030 g/mol. The van der Waals surface area contributed by atoms with E-state index in [1.165, 1.54) is 6.92 Å². The number of guanidine groups is 1. The summed E-state index contributed by atoms with van der Waals surface area (Å²) in [7, 11) is 0. The lowest BCUT2D eigenvalue weighted by Crippen LogP contribution is -2.59. The fourth-order valence-electron chi connectivity index (χ4n) is 8.66. The van der Waals surface area contributed by atoms with Gasteiger partial charge >= 0.3 is 6.03 Å². The normalized spacial score (nSPS) is 21.4. The smallest absolute Gasteiger partial charge is 0.312 e. The summed E-state index contributed by atoms with van der Waals surface area (Å²) in [5, 5.41) is 19.0. The minimum Gasteiger partial charge on any atom is -0.370 e. The largest absolute Gasteiger partial charge is 0.370 e. The lowest BCUT2D eigenvalue weighted by molar-refractivity contribution is -0.136. The maximum absolute atomic E-state index is 14.7. The van der Waals surface area contributed by atoms with Gasteiger partial charge in [0, 0.05) is 68.3 Å². The van der Waals surface area contributed by atoms with E-state index >= 15 is 0 Å². The molecule has 1 aliphatic rings. The van der Waals surface area contributed by atoms with Crippen molar-refractivity contribution in [2.75, 3.05) is 26.2 Å². The third-order valence-electron chi connectivity index (χ3n) is 12.5. The second-order valence-corrected chi connectivity index (χ2v) is 18.4. The predicted octanol–water partition coefficient (Wildman–Crippen LogP) is -1.43. The van der Waals surface area contributed by atoms with Crippen molar-refractivity contribution in [3.63, 3.8) is 0 Å². The van der Waals surface area contributed by atoms with Crippen LogP contribution in [0.25, 0.3) is 10.9 Å². The zero-order valence-electron chi connectivity index (χ0n) is 41.8. The van der Waals surface area contributed by atoms with Gasteiger partial charge in [-0.05, 0) is 87.9 Å². The number of nitrogens with two attached hydrogens (primary N) is 5. The molecule has 0 bridgehead atoms. The standard InChI is InChI=1S/C50H72N14O10/c1-29(65)60-37(17-10-22-58-50(55)74)46(71)64-40-27-43(68)56-20-8-7-16-36(44(52)69)61-45(70)32(24-33-28-59-35-15-6-5-14-34(33)35)26-41(66)31(13-9-21-57-49(53)54)25-42(67)39(23-30-11-3-2-4-12-30)63-47(72)38(18-19-51)62-48(40)73/h2-6,11-12,14-15,28,31-32,36-40,59H,7-10,13,16-27,51H2,1H3,(H2,52,69)(H,56,68)(H,60,65)(H,61,70)(H,62,73)(H,63,72)(H,64,71)(H4,53,54,57)(H3,55,58,74)/t31-,32-,36+,37+,38+,39-,40+/m1/s1. The first-order valence-corrected chi connectivity index (χ1v) is 24.8. The molecule has 2 heterocycles. The van der Waals surface area contributed by atoms with Crippen LogP contribution in [0.4, 0.5) is 4.79 Å². The average Bonchev–Trinajstić information content (AvgIpc) is 3.76. The van der Waals surface area contributed by atoms with Gasteiger partial charge in [0.25, 0.3) is 0 Å². The zero-order valence-corrected chi connectivity index (χ0v) is 41.8. The highest BCUT2D eigenvalue weighted by Gasteiger charge is 2.35. The van der Waals surface area contributed by atoms with Crippen LogP contribution in [-0.4, -0.2) is 126 Å². The van der Waals surface area contributed by atoms with Crippen LogP contribution >= 0.6 is 0 Å². The molecule has 24 nitrogen and oxygen atoms in total. The molecular formula is C50H72N14O10. The van der Waals surface area contributed by atoms with Crippen molar-refractivity contribution in [1.29, 1.82) is 0 Å². The lowest BCUT2D eigenvalue weighted by Gasteiger charge is -2.27. The number of para-hydroxylation sites is 1. The number of benzene rings is 2. The van der Waals surface area contributed by atoms with Gasteiger partial charge in [-0.25, -0.2) is 4.79 Å². The SMILES string of the molecule is CC(=O)N[C@@H](CCCNC(N)=O)C(=O)N[C@H]1CC(=O)NCCCC[C@@H](C(N)=O)NC(=O)[C@H](Cc2c[nH]c3ccccc23)CC(=O)[C@H](CCCN=C(N)N)CC(=O)[C@@H](Cc2ccccc2)NC(=O)[C@H](CCN)NC1=O. The molecule has 0 radical (unpaired) electrons. The summed E-state index contributed by atoms with van der Waals surface area (Å²) in [6.45, 7) is 1.25. The molecule has 1 aromatic heterocycles. The van der Waals surface area contributed by atoms with Crippen molar-refractivity contribution in [2.24, 2.45) is 45.5 Å². The fourth-order valence-corrected chi connectivity index (χ4v) is 8.66. The number of aromatic amines is 1. The molecule has 402 valence electrons. The van der Waals surface area contributed by atoms with Gasteiger partial charge in [0.1, 0.15) is 30.0 Å². The summed E-state index contributed by atoms with van der Waals surface area (Å²) in [4.78, 5) is 143. The van der Waals surface area contributed by atoms with Crippen LogP contribution in [-0.2, 0) is 56.0 Å². The van der Waals surface area contributed by atoms with E-state index in [2.05, 4.69) is 47.2 Å². The van der Waals surface area contributed by atoms with Crippen LogP contribution in [0.3, 0.4) is 0 Å². The van der Waals surface area contributed by atoms with E-state index < -0.39 is 114 Å². The van der Waals surface area contributed by atoms with E-state index in [-0.39, 0.29) is 103 Å². The topological polar surface area (TPSA) is 413 Å². The molecule has 0 aliphatic carbocycles. The number of carbonyl (C=O) groups is 10. The lowest BCUT2D eigenvalue weighted by atomic mass is 9.83. The van der Waals surface area contributed by atoms with Crippen LogP contribution in [0, 0.1) is 11.8 Å². The van der Waals surface area contributed by atoms with Crippen LogP contribution in [0.15, 0.2) is 65.8 Å². The summed E-state index contributed by atoms with van der Waals surface area (Å²) in [5.41, 5.74) is 30.3. The number of hydrogen-bond acceptors (Lipinski definition) is 12. The molecule has 3 aromatic rings. The third-order valence-corrected chi connectivity index (χ3v) is 12.5. The first-order chi connectivity index (χ1) is 35.3. The van der Waals surface area contributed by atoms with E-state index in [1.807, 2.05) is 24.3 Å². The zero-order chi connectivity index (χ0) is 54.2. The molecule has 4 rings (SSSR count). The number of amides is 9. The van der Waals surface area contributed by atoms with Crippen LogP contribution in [0.5, 0.6) is 0 Å². The summed E-state index contributed by atoms with van der Waals surface area (Å²) in [6.07, 6.45) is 1.36. The number of rotatable bonds is 18. The van der Waals surface area contributed by atoms with Crippen LogP contribution in [0.1, 0.15) is 88.7 Å².